The summed E-state index contributed by atoms with van der Waals surface area (Å²) in [6.07, 6.45) is 0. The van der Waals surface area contributed by atoms with Gasteiger partial charge in [0.15, 0.2) is 0 Å². The molecule has 186 valence electrons. The van der Waals surface area contributed by atoms with Crippen LogP contribution in [0.15, 0.2) is 103 Å². The fourth-order valence-corrected chi connectivity index (χ4v) is 3.66. The van der Waals surface area contributed by atoms with E-state index in [1.54, 1.807) is 54.6 Å². The van der Waals surface area contributed by atoms with Crippen molar-refractivity contribution in [3.63, 3.8) is 0 Å². The van der Waals surface area contributed by atoms with Crippen LogP contribution < -0.4 is 21.3 Å². The fourth-order valence-electron chi connectivity index (χ4n) is 3.66. The molecule has 0 atom stereocenters. The number of aryl methyl sites for hydroxylation is 1. The zero-order chi connectivity index (χ0) is 26.0. The SMILES string of the molecule is Cc1cccc(C(=O)Nc2ccc(NC(=O)CNc3cccc(C(=O)NCc4ccccc4)c3)cc2)c1. The summed E-state index contributed by atoms with van der Waals surface area (Å²) in [5.74, 6) is -0.623. The standard InChI is InChI=1S/C30H28N4O3/c1-21-7-5-10-23(17-21)30(37)34-26-15-13-25(14-16-26)33-28(35)20-31-27-12-6-11-24(18-27)29(36)32-19-22-8-3-2-4-9-22/h2-18,31H,19-20H2,1H3,(H,32,36)(H,33,35)(H,34,37). The number of carbonyl (C=O) groups excluding carboxylic acids is 3. The lowest BCUT2D eigenvalue weighted by molar-refractivity contribution is -0.114. The summed E-state index contributed by atoms with van der Waals surface area (Å²) in [5.41, 5.74) is 5.02. The zero-order valence-electron chi connectivity index (χ0n) is 20.5. The number of rotatable bonds is 9. The Morgan fingerprint density at radius 2 is 1.27 bits per heavy atom. The summed E-state index contributed by atoms with van der Waals surface area (Å²) in [6.45, 7) is 2.40. The first-order valence-corrected chi connectivity index (χ1v) is 11.9. The number of hydrogen-bond acceptors (Lipinski definition) is 4. The molecular weight excluding hydrogens is 464 g/mol. The Morgan fingerprint density at radius 1 is 0.622 bits per heavy atom. The van der Waals surface area contributed by atoms with E-state index in [4.69, 9.17) is 0 Å². The monoisotopic (exact) mass is 492 g/mol. The molecule has 0 radical (unpaired) electrons. The first kappa shape index (κ1) is 25.2. The number of amides is 3. The van der Waals surface area contributed by atoms with Gasteiger partial charge in [0.1, 0.15) is 0 Å². The van der Waals surface area contributed by atoms with Crippen LogP contribution in [0.2, 0.25) is 0 Å². The molecule has 3 amide bonds. The van der Waals surface area contributed by atoms with Gasteiger partial charge in [0.25, 0.3) is 11.8 Å². The van der Waals surface area contributed by atoms with E-state index >= 15 is 0 Å². The predicted octanol–water partition coefficient (Wildman–Crippen LogP) is 5.23. The summed E-state index contributed by atoms with van der Waals surface area (Å²) in [5, 5.41) is 11.6. The average molecular weight is 493 g/mol. The minimum Gasteiger partial charge on any atom is -0.376 e. The molecule has 0 unspecified atom stereocenters. The van der Waals surface area contributed by atoms with Crippen LogP contribution in [0.3, 0.4) is 0 Å². The molecule has 0 heterocycles. The molecular formula is C30H28N4O3. The summed E-state index contributed by atoms with van der Waals surface area (Å²) < 4.78 is 0. The van der Waals surface area contributed by atoms with E-state index < -0.39 is 0 Å². The highest BCUT2D eigenvalue weighted by atomic mass is 16.2. The quantitative estimate of drug-likeness (QED) is 0.257. The van der Waals surface area contributed by atoms with Gasteiger partial charge in [-0.1, -0.05) is 54.1 Å². The maximum absolute atomic E-state index is 12.5. The first-order valence-electron chi connectivity index (χ1n) is 11.9. The highest BCUT2D eigenvalue weighted by Crippen LogP contribution is 2.16. The van der Waals surface area contributed by atoms with Crippen LogP contribution in [0.1, 0.15) is 31.8 Å². The van der Waals surface area contributed by atoms with E-state index in [-0.39, 0.29) is 24.3 Å². The molecule has 4 aromatic carbocycles. The van der Waals surface area contributed by atoms with Gasteiger partial charge in [-0.15, -0.1) is 0 Å². The molecule has 0 bridgehead atoms. The Morgan fingerprint density at radius 3 is 1.97 bits per heavy atom. The van der Waals surface area contributed by atoms with Crippen LogP contribution in [0.4, 0.5) is 17.1 Å². The Bertz CT molecular complexity index is 1390. The van der Waals surface area contributed by atoms with Crippen molar-refractivity contribution in [2.24, 2.45) is 0 Å². The van der Waals surface area contributed by atoms with Crippen molar-refractivity contribution in [1.82, 2.24) is 5.32 Å². The van der Waals surface area contributed by atoms with E-state index in [0.717, 1.165) is 11.1 Å². The van der Waals surface area contributed by atoms with Crippen LogP contribution in [-0.4, -0.2) is 24.3 Å². The summed E-state index contributed by atoms with van der Waals surface area (Å²) >= 11 is 0. The molecule has 7 nitrogen and oxygen atoms in total. The second kappa shape index (κ2) is 12.2. The largest absolute Gasteiger partial charge is 0.376 e. The summed E-state index contributed by atoms with van der Waals surface area (Å²) in [6, 6.07) is 30.9. The molecule has 4 rings (SSSR count). The molecule has 37 heavy (non-hydrogen) atoms. The van der Waals surface area contributed by atoms with E-state index in [1.165, 1.54) is 0 Å². The topological polar surface area (TPSA) is 99.3 Å². The van der Waals surface area contributed by atoms with Crippen molar-refractivity contribution in [3.05, 3.63) is 125 Å². The van der Waals surface area contributed by atoms with Gasteiger partial charge in [-0.2, -0.15) is 0 Å². The molecule has 0 aliphatic rings. The first-order chi connectivity index (χ1) is 18.0. The Balaban J connectivity index is 1.25. The van der Waals surface area contributed by atoms with E-state index in [9.17, 15) is 14.4 Å². The summed E-state index contributed by atoms with van der Waals surface area (Å²) in [4.78, 5) is 37.3. The second-order valence-corrected chi connectivity index (χ2v) is 8.55. The van der Waals surface area contributed by atoms with Crippen molar-refractivity contribution in [3.8, 4) is 0 Å². The fraction of sp³-hybridized carbons (Fsp3) is 0.100. The van der Waals surface area contributed by atoms with Crippen LogP contribution in [-0.2, 0) is 11.3 Å². The molecule has 0 spiro atoms. The number of benzene rings is 4. The normalized spacial score (nSPS) is 10.3. The van der Waals surface area contributed by atoms with Crippen molar-refractivity contribution in [2.75, 3.05) is 22.5 Å². The van der Waals surface area contributed by atoms with Crippen LogP contribution in [0.5, 0.6) is 0 Å². The molecule has 4 aromatic rings. The van der Waals surface area contributed by atoms with Crippen molar-refractivity contribution in [2.45, 2.75) is 13.5 Å². The lowest BCUT2D eigenvalue weighted by atomic mass is 10.1. The minimum absolute atomic E-state index is 0.0287. The van der Waals surface area contributed by atoms with Gasteiger partial charge >= 0.3 is 0 Å². The molecule has 4 N–H and O–H groups in total. The zero-order valence-corrected chi connectivity index (χ0v) is 20.5. The smallest absolute Gasteiger partial charge is 0.255 e. The Kier molecular flexibility index (Phi) is 8.29. The van der Waals surface area contributed by atoms with Gasteiger partial charge in [0, 0.05) is 34.7 Å². The van der Waals surface area contributed by atoms with Gasteiger partial charge in [-0.3, -0.25) is 14.4 Å². The van der Waals surface area contributed by atoms with Crippen LogP contribution in [0, 0.1) is 6.92 Å². The van der Waals surface area contributed by atoms with Gasteiger partial charge in [0.2, 0.25) is 5.91 Å². The maximum Gasteiger partial charge on any atom is 0.255 e. The van der Waals surface area contributed by atoms with Crippen LogP contribution in [0.25, 0.3) is 0 Å². The van der Waals surface area contributed by atoms with E-state index in [1.807, 2.05) is 55.5 Å². The highest BCUT2D eigenvalue weighted by Gasteiger charge is 2.09. The third-order valence-electron chi connectivity index (χ3n) is 5.58. The third kappa shape index (κ3) is 7.53. The maximum atomic E-state index is 12.5. The minimum atomic E-state index is -0.240. The number of anilines is 3. The molecule has 7 heteroatoms. The van der Waals surface area contributed by atoms with Gasteiger partial charge in [0.05, 0.1) is 6.54 Å². The molecule has 0 aliphatic carbocycles. The highest BCUT2D eigenvalue weighted by molar-refractivity contribution is 6.04. The van der Waals surface area contributed by atoms with Gasteiger partial charge < -0.3 is 21.3 Å². The van der Waals surface area contributed by atoms with Gasteiger partial charge in [-0.25, -0.2) is 0 Å². The average Bonchev–Trinajstić information content (AvgIpc) is 2.92. The molecule has 0 saturated heterocycles. The Hall–Kier alpha value is -4.91. The lowest BCUT2D eigenvalue weighted by Crippen LogP contribution is -2.23. The van der Waals surface area contributed by atoms with E-state index in [0.29, 0.717) is 34.7 Å². The summed E-state index contributed by atoms with van der Waals surface area (Å²) in [7, 11) is 0. The van der Waals surface area contributed by atoms with Gasteiger partial charge in [-0.05, 0) is 67.1 Å². The predicted molar refractivity (Wildman–Crippen MR) is 147 cm³/mol. The van der Waals surface area contributed by atoms with Crippen LogP contribution >= 0.6 is 0 Å². The van der Waals surface area contributed by atoms with Crippen molar-refractivity contribution in [1.29, 1.82) is 0 Å². The molecule has 0 aliphatic heterocycles. The van der Waals surface area contributed by atoms with E-state index in [2.05, 4.69) is 21.3 Å². The lowest BCUT2D eigenvalue weighted by Gasteiger charge is -2.11. The number of hydrogen-bond donors (Lipinski definition) is 4. The third-order valence-corrected chi connectivity index (χ3v) is 5.58. The second-order valence-electron chi connectivity index (χ2n) is 8.55. The Labute approximate surface area is 215 Å². The number of nitrogens with one attached hydrogen (secondary N) is 4. The van der Waals surface area contributed by atoms with Crippen molar-refractivity contribution >= 4 is 34.8 Å². The molecule has 0 aromatic heterocycles. The number of carbonyl (C=O) groups is 3. The molecule has 0 fully saturated rings. The molecule has 0 saturated carbocycles. The van der Waals surface area contributed by atoms with Crippen molar-refractivity contribution < 1.29 is 14.4 Å².